The fraction of sp³-hybridized carbons (Fsp3) is 0.222. The number of carboxylic acid groups (broad SMARTS) is 1. The van der Waals surface area contributed by atoms with E-state index in [0.717, 1.165) is 5.56 Å². The van der Waals surface area contributed by atoms with Gasteiger partial charge in [-0.1, -0.05) is 60.7 Å². The fourth-order valence-corrected chi connectivity index (χ4v) is 2.63. The standard InChI is InChI=1S/C18H19NO3.ClH/c19-12-16(18(21)22)15(13-7-3-1-4-8-13)11-17(20)14-9-5-2-6-10-14;/h1-10,15-16H,11-12,19H2,(H,21,22);1H. The largest absolute Gasteiger partial charge is 1.00 e. The van der Waals surface area contributed by atoms with Crippen molar-refractivity contribution < 1.29 is 32.8 Å². The number of aliphatic carboxylic acids is 1. The number of Topliss-reactive ketones (excluding diaryl/α,β-unsaturated/α-hetero) is 1. The zero-order valence-electron chi connectivity index (χ0n) is 12.7. The zero-order valence-corrected chi connectivity index (χ0v) is 13.4. The van der Waals surface area contributed by atoms with Gasteiger partial charge in [0.15, 0.2) is 5.78 Å². The second-order valence-corrected chi connectivity index (χ2v) is 5.24. The molecule has 0 aliphatic carbocycles. The van der Waals surface area contributed by atoms with Crippen LogP contribution in [0.15, 0.2) is 60.7 Å². The Morgan fingerprint density at radius 1 is 0.957 bits per heavy atom. The molecular weight excluding hydrogens is 314 g/mol. The lowest BCUT2D eigenvalue weighted by Gasteiger charge is -2.21. The van der Waals surface area contributed by atoms with Gasteiger partial charge in [-0.25, -0.2) is 0 Å². The predicted molar refractivity (Wildman–Crippen MR) is 83.5 cm³/mol. The molecule has 0 bridgehead atoms. The van der Waals surface area contributed by atoms with Gasteiger partial charge in [0, 0.05) is 17.9 Å². The molecule has 4 N–H and O–H groups in total. The Morgan fingerprint density at radius 3 is 1.96 bits per heavy atom. The molecule has 0 aliphatic rings. The molecule has 0 aliphatic heterocycles. The number of carbonyl (C=O) groups excluding carboxylic acids is 1. The van der Waals surface area contributed by atoms with Crippen LogP contribution in [0.4, 0.5) is 0 Å². The van der Waals surface area contributed by atoms with Crippen molar-refractivity contribution in [2.24, 2.45) is 5.92 Å². The van der Waals surface area contributed by atoms with Gasteiger partial charge in [0.05, 0.1) is 6.54 Å². The van der Waals surface area contributed by atoms with Gasteiger partial charge < -0.3 is 23.2 Å². The first-order chi connectivity index (χ1) is 10.6. The average molecular weight is 334 g/mol. The number of benzene rings is 2. The maximum atomic E-state index is 12.5. The van der Waals surface area contributed by atoms with Crippen molar-refractivity contribution in [2.45, 2.75) is 12.3 Å². The van der Waals surface area contributed by atoms with Crippen LogP contribution in [-0.2, 0) is 4.79 Å². The lowest BCUT2D eigenvalue weighted by Crippen LogP contribution is -3.00. The van der Waals surface area contributed by atoms with Gasteiger partial charge in [-0.15, -0.1) is 0 Å². The van der Waals surface area contributed by atoms with Gasteiger partial charge in [0.25, 0.3) is 0 Å². The Hall–Kier alpha value is -2.17. The highest BCUT2D eigenvalue weighted by Gasteiger charge is 2.31. The van der Waals surface area contributed by atoms with Crippen LogP contribution < -0.4 is 18.1 Å². The van der Waals surface area contributed by atoms with Crippen LogP contribution in [0.1, 0.15) is 28.3 Å². The Balaban J connectivity index is 0.00000264. The van der Waals surface area contributed by atoms with Gasteiger partial charge >= 0.3 is 5.97 Å². The lowest BCUT2D eigenvalue weighted by molar-refractivity contribution is -0.377. The van der Waals surface area contributed by atoms with Crippen molar-refractivity contribution >= 4 is 11.8 Å². The van der Waals surface area contributed by atoms with Crippen LogP contribution in [-0.4, -0.2) is 23.4 Å². The Kier molecular flexibility index (Phi) is 7.45. The van der Waals surface area contributed by atoms with E-state index in [0.29, 0.717) is 5.56 Å². The summed E-state index contributed by atoms with van der Waals surface area (Å²) in [7, 11) is 0. The van der Waals surface area contributed by atoms with E-state index in [4.69, 9.17) is 0 Å². The van der Waals surface area contributed by atoms with Crippen molar-refractivity contribution in [1.82, 2.24) is 0 Å². The molecule has 0 heterocycles. The zero-order chi connectivity index (χ0) is 15.9. The highest BCUT2D eigenvalue weighted by atomic mass is 35.5. The Bertz CT molecular complexity index is 631. The molecule has 2 aromatic carbocycles. The van der Waals surface area contributed by atoms with Crippen molar-refractivity contribution in [3.8, 4) is 0 Å². The molecule has 0 amide bonds. The molecule has 122 valence electrons. The van der Waals surface area contributed by atoms with Crippen molar-refractivity contribution in [3.05, 3.63) is 71.8 Å². The molecule has 23 heavy (non-hydrogen) atoms. The van der Waals surface area contributed by atoms with Crippen molar-refractivity contribution in [1.29, 1.82) is 0 Å². The van der Waals surface area contributed by atoms with Crippen LogP contribution >= 0.6 is 0 Å². The first kappa shape index (κ1) is 18.9. The monoisotopic (exact) mass is 333 g/mol. The SMILES string of the molecule is [Cl-].[NH3+]CC(C(=O)O)C(CC(=O)c1ccccc1)c1ccccc1. The van der Waals surface area contributed by atoms with E-state index in [-0.39, 0.29) is 37.1 Å². The van der Waals surface area contributed by atoms with E-state index in [1.807, 2.05) is 36.4 Å². The number of rotatable bonds is 7. The van der Waals surface area contributed by atoms with Crippen LogP contribution in [0.5, 0.6) is 0 Å². The molecule has 0 fully saturated rings. The summed E-state index contributed by atoms with van der Waals surface area (Å²) in [4.78, 5) is 24.0. The minimum atomic E-state index is -0.912. The lowest BCUT2D eigenvalue weighted by atomic mass is 9.81. The molecule has 2 rings (SSSR count). The van der Waals surface area contributed by atoms with Gasteiger partial charge in [0.1, 0.15) is 5.92 Å². The minimum absolute atomic E-state index is 0. The molecule has 2 unspecified atom stereocenters. The molecule has 0 aromatic heterocycles. The third-order valence-corrected chi connectivity index (χ3v) is 3.84. The van der Waals surface area contributed by atoms with E-state index in [2.05, 4.69) is 5.73 Å². The molecule has 0 saturated heterocycles. The van der Waals surface area contributed by atoms with Gasteiger partial charge in [-0.3, -0.25) is 9.59 Å². The number of carboxylic acids is 1. The summed E-state index contributed by atoms with van der Waals surface area (Å²) in [5.74, 6) is -2.00. The quantitative estimate of drug-likeness (QED) is 0.637. The third-order valence-electron chi connectivity index (χ3n) is 3.84. The van der Waals surface area contributed by atoms with E-state index in [1.165, 1.54) is 0 Å². The summed E-state index contributed by atoms with van der Waals surface area (Å²) in [6.07, 6.45) is 0.167. The average Bonchev–Trinajstić information content (AvgIpc) is 2.55. The predicted octanol–water partition coefficient (Wildman–Crippen LogP) is -1.01. The van der Waals surface area contributed by atoms with Gasteiger partial charge in [0.2, 0.25) is 0 Å². The van der Waals surface area contributed by atoms with Crippen molar-refractivity contribution in [2.75, 3.05) is 6.54 Å². The molecular formula is C18H20ClNO3. The Labute approximate surface area is 141 Å². The molecule has 0 radical (unpaired) electrons. The van der Waals surface area contributed by atoms with E-state index < -0.39 is 11.9 Å². The van der Waals surface area contributed by atoms with Crippen LogP contribution in [0, 0.1) is 5.92 Å². The second kappa shape index (κ2) is 9.08. The van der Waals surface area contributed by atoms with Gasteiger partial charge in [-0.2, -0.15) is 0 Å². The van der Waals surface area contributed by atoms with E-state index in [9.17, 15) is 14.7 Å². The maximum Gasteiger partial charge on any atom is 0.312 e. The molecule has 2 atom stereocenters. The van der Waals surface area contributed by atoms with Crippen LogP contribution in [0.25, 0.3) is 0 Å². The summed E-state index contributed by atoms with van der Waals surface area (Å²) in [6, 6.07) is 18.3. The van der Waals surface area contributed by atoms with E-state index in [1.54, 1.807) is 24.3 Å². The number of hydrogen-bond donors (Lipinski definition) is 2. The number of carbonyl (C=O) groups is 2. The third kappa shape index (κ3) is 4.91. The minimum Gasteiger partial charge on any atom is -1.00 e. The summed E-state index contributed by atoms with van der Waals surface area (Å²) in [6.45, 7) is 0.247. The van der Waals surface area contributed by atoms with Gasteiger partial charge in [-0.05, 0) is 5.56 Å². The summed E-state index contributed by atoms with van der Waals surface area (Å²) in [5.41, 5.74) is 5.21. The number of halogens is 1. The number of hydrogen-bond acceptors (Lipinski definition) is 2. The van der Waals surface area contributed by atoms with Crippen molar-refractivity contribution in [3.63, 3.8) is 0 Å². The summed E-state index contributed by atoms with van der Waals surface area (Å²) >= 11 is 0. The molecule has 5 heteroatoms. The normalized spacial score (nSPS) is 12.7. The maximum absolute atomic E-state index is 12.5. The summed E-state index contributed by atoms with van der Waals surface area (Å²) < 4.78 is 0. The molecule has 4 nitrogen and oxygen atoms in total. The highest BCUT2D eigenvalue weighted by molar-refractivity contribution is 5.96. The number of quaternary nitrogens is 1. The smallest absolute Gasteiger partial charge is 0.312 e. The van der Waals surface area contributed by atoms with Crippen LogP contribution in [0.2, 0.25) is 0 Å². The topological polar surface area (TPSA) is 82.0 Å². The second-order valence-electron chi connectivity index (χ2n) is 5.24. The first-order valence-corrected chi connectivity index (χ1v) is 7.28. The van der Waals surface area contributed by atoms with Crippen LogP contribution in [0.3, 0.4) is 0 Å². The number of ketones is 1. The molecule has 0 saturated carbocycles. The highest BCUT2D eigenvalue weighted by Crippen LogP contribution is 2.29. The fourth-order valence-electron chi connectivity index (χ4n) is 2.63. The first-order valence-electron chi connectivity index (χ1n) is 7.28. The van der Waals surface area contributed by atoms with E-state index >= 15 is 0 Å². The summed E-state index contributed by atoms with van der Waals surface area (Å²) in [5, 5.41) is 9.44. The Morgan fingerprint density at radius 2 is 1.48 bits per heavy atom. The molecule has 2 aromatic rings. The molecule has 0 spiro atoms.